The first-order valence-corrected chi connectivity index (χ1v) is 8.45. The second kappa shape index (κ2) is 5.82. The molecule has 1 unspecified atom stereocenters. The Kier molecular flexibility index (Phi) is 4.46. The van der Waals surface area contributed by atoms with Crippen molar-refractivity contribution < 1.29 is 17.9 Å². The smallest absolute Gasteiger partial charge is 0.228 e. The van der Waals surface area contributed by atoms with Crippen LogP contribution in [0.25, 0.3) is 0 Å². The number of amides is 1. The highest BCUT2D eigenvalue weighted by Crippen LogP contribution is 2.32. The number of primary sulfonamides is 1. The van der Waals surface area contributed by atoms with E-state index >= 15 is 0 Å². The Labute approximate surface area is 128 Å². The van der Waals surface area contributed by atoms with Gasteiger partial charge < -0.3 is 9.64 Å². The van der Waals surface area contributed by atoms with E-state index in [0.29, 0.717) is 16.5 Å². The molecule has 0 aromatic heterocycles. The van der Waals surface area contributed by atoms with Gasteiger partial charge in [0.2, 0.25) is 15.9 Å². The highest BCUT2D eigenvalue weighted by molar-refractivity contribution is 7.89. The van der Waals surface area contributed by atoms with E-state index in [1.165, 1.54) is 4.90 Å². The largest absolute Gasteiger partial charge is 0.489 e. The van der Waals surface area contributed by atoms with Crippen LogP contribution in [0.1, 0.15) is 20.3 Å². The van der Waals surface area contributed by atoms with Gasteiger partial charge in [0.25, 0.3) is 0 Å². The van der Waals surface area contributed by atoms with Crippen LogP contribution in [0.4, 0.5) is 5.69 Å². The Morgan fingerprint density at radius 1 is 1.43 bits per heavy atom. The summed E-state index contributed by atoms with van der Waals surface area (Å²) in [5.74, 6) is 0.229. The van der Waals surface area contributed by atoms with Crippen molar-refractivity contribution in [1.29, 1.82) is 0 Å². The summed E-state index contributed by atoms with van der Waals surface area (Å²) in [6.45, 7) is 3.80. The normalized spacial score (nSPS) is 19.4. The molecule has 1 saturated heterocycles. The average Bonchev–Trinajstić information content (AvgIpc) is 2.73. The lowest BCUT2D eigenvalue weighted by atomic mass is 10.2. The lowest BCUT2D eigenvalue weighted by Crippen LogP contribution is -2.32. The van der Waals surface area contributed by atoms with Crippen LogP contribution in [0.3, 0.4) is 0 Å². The molecule has 0 bridgehead atoms. The van der Waals surface area contributed by atoms with E-state index in [1.54, 1.807) is 18.2 Å². The molecular weight excluding hydrogens is 316 g/mol. The third kappa shape index (κ3) is 3.66. The molecule has 1 aromatic carbocycles. The Hall–Kier alpha value is -1.31. The van der Waals surface area contributed by atoms with Crippen molar-refractivity contribution in [2.24, 2.45) is 5.14 Å². The van der Waals surface area contributed by atoms with Gasteiger partial charge in [-0.05, 0) is 32.0 Å². The van der Waals surface area contributed by atoms with Gasteiger partial charge in [0.15, 0.2) is 0 Å². The maximum absolute atomic E-state index is 11.9. The van der Waals surface area contributed by atoms with Crippen molar-refractivity contribution in [1.82, 2.24) is 0 Å². The molecule has 1 aliphatic rings. The molecule has 1 aromatic rings. The SMILES string of the molecule is CC(C)Oc1ccc(N2CC(S(N)(=O)=O)CC2=O)cc1Cl. The molecule has 6 nitrogen and oxygen atoms in total. The summed E-state index contributed by atoms with van der Waals surface area (Å²) < 4.78 is 28.2. The number of nitrogens with two attached hydrogens (primary N) is 1. The van der Waals surface area contributed by atoms with Gasteiger partial charge in [-0.2, -0.15) is 0 Å². The summed E-state index contributed by atoms with van der Waals surface area (Å²) in [7, 11) is -3.73. The molecule has 1 aliphatic heterocycles. The summed E-state index contributed by atoms with van der Waals surface area (Å²) in [5.41, 5.74) is 0.534. The predicted molar refractivity (Wildman–Crippen MR) is 81.1 cm³/mol. The summed E-state index contributed by atoms with van der Waals surface area (Å²) in [6, 6.07) is 4.92. The fourth-order valence-electron chi connectivity index (χ4n) is 2.15. The van der Waals surface area contributed by atoms with Gasteiger partial charge >= 0.3 is 0 Å². The van der Waals surface area contributed by atoms with Crippen molar-refractivity contribution in [3.05, 3.63) is 23.2 Å². The molecule has 1 amide bonds. The Bertz CT molecular complexity index is 660. The molecule has 116 valence electrons. The highest BCUT2D eigenvalue weighted by Gasteiger charge is 2.37. The molecule has 0 aliphatic carbocycles. The van der Waals surface area contributed by atoms with Crippen LogP contribution in [-0.2, 0) is 14.8 Å². The maximum Gasteiger partial charge on any atom is 0.228 e. The van der Waals surface area contributed by atoms with Crippen molar-refractivity contribution in [2.45, 2.75) is 31.6 Å². The van der Waals surface area contributed by atoms with Crippen LogP contribution in [-0.4, -0.2) is 32.2 Å². The zero-order valence-corrected chi connectivity index (χ0v) is 13.3. The minimum atomic E-state index is -3.73. The Balaban J connectivity index is 2.23. The second-order valence-electron chi connectivity index (χ2n) is 5.20. The number of carbonyl (C=O) groups excluding carboxylic acids is 1. The van der Waals surface area contributed by atoms with E-state index in [-0.39, 0.29) is 25.0 Å². The number of anilines is 1. The van der Waals surface area contributed by atoms with Crippen molar-refractivity contribution in [3.63, 3.8) is 0 Å². The summed E-state index contributed by atoms with van der Waals surface area (Å²) >= 11 is 6.12. The van der Waals surface area contributed by atoms with E-state index in [1.807, 2.05) is 13.8 Å². The van der Waals surface area contributed by atoms with Crippen molar-refractivity contribution >= 4 is 33.2 Å². The van der Waals surface area contributed by atoms with E-state index in [9.17, 15) is 13.2 Å². The number of carbonyl (C=O) groups is 1. The zero-order chi connectivity index (χ0) is 15.8. The third-order valence-corrected chi connectivity index (χ3v) is 4.68. The maximum atomic E-state index is 11.9. The monoisotopic (exact) mass is 332 g/mol. The fraction of sp³-hybridized carbons (Fsp3) is 0.462. The lowest BCUT2D eigenvalue weighted by molar-refractivity contribution is -0.117. The molecule has 2 rings (SSSR count). The number of hydrogen-bond donors (Lipinski definition) is 1. The Morgan fingerprint density at radius 3 is 2.57 bits per heavy atom. The highest BCUT2D eigenvalue weighted by atomic mass is 35.5. The van der Waals surface area contributed by atoms with Gasteiger partial charge in [0, 0.05) is 18.7 Å². The average molecular weight is 333 g/mol. The zero-order valence-electron chi connectivity index (χ0n) is 11.7. The predicted octanol–water partition coefficient (Wildman–Crippen LogP) is 1.52. The molecule has 0 radical (unpaired) electrons. The standard InChI is InChI=1S/C13H17ClN2O4S/c1-8(2)20-12-4-3-9(5-11(12)14)16-7-10(6-13(16)17)21(15,18)19/h3-5,8,10H,6-7H2,1-2H3,(H2,15,18,19). The molecule has 1 fully saturated rings. The van der Waals surface area contributed by atoms with Gasteiger partial charge in [0.1, 0.15) is 11.0 Å². The quantitative estimate of drug-likeness (QED) is 0.905. The van der Waals surface area contributed by atoms with Crippen LogP contribution in [0.5, 0.6) is 5.75 Å². The van der Waals surface area contributed by atoms with Crippen LogP contribution < -0.4 is 14.8 Å². The summed E-state index contributed by atoms with van der Waals surface area (Å²) in [6.07, 6.45) is -0.130. The number of benzene rings is 1. The number of rotatable bonds is 4. The first-order chi connectivity index (χ1) is 9.68. The summed E-state index contributed by atoms with van der Waals surface area (Å²) in [5, 5.41) is 4.59. The number of halogens is 1. The number of hydrogen-bond acceptors (Lipinski definition) is 4. The van der Waals surface area contributed by atoms with E-state index in [2.05, 4.69) is 0 Å². The van der Waals surface area contributed by atoms with Crippen LogP contribution in [0, 0.1) is 0 Å². The van der Waals surface area contributed by atoms with Gasteiger partial charge in [-0.3, -0.25) is 4.79 Å². The van der Waals surface area contributed by atoms with Gasteiger partial charge in [-0.15, -0.1) is 0 Å². The van der Waals surface area contributed by atoms with E-state index < -0.39 is 15.3 Å². The topological polar surface area (TPSA) is 89.7 Å². The Morgan fingerprint density at radius 2 is 2.10 bits per heavy atom. The molecule has 21 heavy (non-hydrogen) atoms. The van der Waals surface area contributed by atoms with E-state index in [0.717, 1.165) is 0 Å². The lowest BCUT2D eigenvalue weighted by Gasteiger charge is -2.18. The minimum absolute atomic E-state index is 0.0199. The molecule has 0 spiro atoms. The molecule has 0 saturated carbocycles. The number of sulfonamides is 1. The van der Waals surface area contributed by atoms with Crippen LogP contribution >= 0.6 is 11.6 Å². The van der Waals surface area contributed by atoms with Crippen LogP contribution in [0.15, 0.2) is 18.2 Å². The first-order valence-electron chi connectivity index (χ1n) is 6.46. The second-order valence-corrected chi connectivity index (χ2v) is 7.45. The molecule has 1 atom stereocenters. The third-order valence-electron chi connectivity index (χ3n) is 3.14. The molecular formula is C13H17ClN2O4S. The van der Waals surface area contributed by atoms with Crippen molar-refractivity contribution in [2.75, 3.05) is 11.4 Å². The number of nitrogens with zero attached hydrogens (tertiary/aromatic N) is 1. The summed E-state index contributed by atoms with van der Waals surface area (Å²) in [4.78, 5) is 13.3. The fourth-order valence-corrected chi connectivity index (χ4v) is 3.10. The molecule has 8 heteroatoms. The van der Waals surface area contributed by atoms with Gasteiger partial charge in [-0.25, -0.2) is 13.6 Å². The van der Waals surface area contributed by atoms with Crippen molar-refractivity contribution in [3.8, 4) is 5.75 Å². The number of ether oxygens (including phenoxy) is 1. The minimum Gasteiger partial charge on any atom is -0.489 e. The van der Waals surface area contributed by atoms with Crippen LogP contribution in [0.2, 0.25) is 5.02 Å². The van der Waals surface area contributed by atoms with E-state index in [4.69, 9.17) is 21.5 Å². The van der Waals surface area contributed by atoms with Gasteiger partial charge in [0.05, 0.1) is 11.1 Å². The van der Waals surface area contributed by atoms with Gasteiger partial charge in [-0.1, -0.05) is 11.6 Å². The molecule has 2 N–H and O–H groups in total. The molecule has 1 heterocycles. The first kappa shape index (κ1) is 16.1.